The zero-order valence-electron chi connectivity index (χ0n) is 11.0. The Labute approximate surface area is 108 Å². The Hall–Kier alpha value is -1.35. The average molecular weight is 249 g/mol. The summed E-state index contributed by atoms with van der Waals surface area (Å²) in [6, 6.07) is 5.52. The van der Waals surface area contributed by atoms with Gasteiger partial charge in [-0.25, -0.2) is 4.39 Å². The van der Waals surface area contributed by atoms with Gasteiger partial charge in [0.25, 0.3) is 0 Å². The Bertz CT molecular complexity index is 434. The SMILES string of the molecule is CC(C)=CCOc1cc(F)cc(CNC2CC2)c1. The summed E-state index contributed by atoms with van der Waals surface area (Å²) < 4.78 is 18.9. The van der Waals surface area contributed by atoms with E-state index in [1.54, 1.807) is 6.07 Å². The highest BCUT2D eigenvalue weighted by Gasteiger charge is 2.20. The zero-order valence-corrected chi connectivity index (χ0v) is 11.0. The van der Waals surface area contributed by atoms with Crippen molar-refractivity contribution in [1.82, 2.24) is 5.32 Å². The lowest BCUT2D eigenvalue weighted by Crippen LogP contribution is -2.15. The molecular weight excluding hydrogens is 229 g/mol. The van der Waals surface area contributed by atoms with Crippen molar-refractivity contribution in [2.24, 2.45) is 0 Å². The summed E-state index contributed by atoms with van der Waals surface area (Å²) >= 11 is 0. The fourth-order valence-corrected chi connectivity index (χ4v) is 1.66. The van der Waals surface area contributed by atoms with E-state index in [2.05, 4.69) is 5.32 Å². The van der Waals surface area contributed by atoms with E-state index in [-0.39, 0.29) is 5.82 Å². The molecule has 1 aromatic rings. The van der Waals surface area contributed by atoms with Crippen LogP contribution in [0.4, 0.5) is 4.39 Å². The summed E-state index contributed by atoms with van der Waals surface area (Å²) in [4.78, 5) is 0. The molecule has 0 amide bonds. The molecule has 0 heterocycles. The van der Waals surface area contributed by atoms with Gasteiger partial charge in [-0.05, 0) is 50.5 Å². The lowest BCUT2D eigenvalue weighted by atomic mass is 10.2. The molecule has 3 heteroatoms. The topological polar surface area (TPSA) is 21.3 Å². The van der Waals surface area contributed by atoms with Crippen molar-refractivity contribution in [3.05, 3.63) is 41.2 Å². The average Bonchev–Trinajstić information content (AvgIpc) is 3.09. The van der Waals surface area contributed by atoms with Crippen molar-refractivity contribution < 1.29 is 9.13 Å². The summed E-state index contributed by atoms with van der Waals surface area (Å²) in [5.74, 6) is 0.359. The maximum absolute atomic E-state index is 13.4. The summed E-state index contributed by atoms with van der Waals surface area (Å²) in [6.45, 7) is 5.22. The first-order chi connectivity index (χ1) is 8.63. The first-order valence-electron chi connectivity index (χ1n) is 6.42. The first kappa shape index (κ1) is 13.1. The van der Waals surface area contributed by atoms with E-state index in [0.29, 0.717) is 24.9 Å². The van der Waals surface area contributed by atoms with Crippen molar-refractivity contribution in [1.29, 1.82) is 0 Å². The fraction of sp³-hybridized carbons (Fsp3) is 0.467. The molecule has 0 unspecified atom stereocenters. The van der Waals surface area contributed by atoms with E-state index in [1.807, 2.05) is 26.0 Å². The zero-order chi connectivity index (χ0) is 13.0. The second kappa shape index (κ2) is 6.01. The van der Waals surface area contributed by atoms with Gasteiger partial charge in [0.1, 0.15) is 18.2 Å². The van der Waals surface area contributed by atoms with Crippen molar-refractivity contribution >= 4 is 0 Å². The van der Waals surface area contributed by atoms with Crippen molar-refractivity contribution in [3.8, 4) is 5.75 Å². The van der Waals surface area contributed by atoms with Gasteiger partial charge in [-0.3, -0.25) is 0 Å². The second-order valence-corrected chi connectivity index (χ2v) is 5.04. The molecule has 98 valence electrons. The van der Waals surface area contributed by atoms with Crippen LogP contribution < -0.4 is 10.1 Å². The Balaban J connectivity index is 1.93. The Morgan fingerprint density at radius 3 is 2.83 bits per heavy atom. The molecule has 1 aliphatic rings. The molecule has 0 atom stereocenters. The second-order valence-electron chi connectivity index (χ2n) is 5.04. The number of halogens is 1. The van der Waals surface area contributed by atoms with Gasteiger partial charge >= 0.3 is 0 Å². The number of rotatable bonds is 6. The largest absolute Gasteiger partial charge is 0.489 e. The molecular formula is C15H20FNO. The third kappa shape index (κ3) is 4.49. The molecule has 1 saturated carbocycles. The van der Waals surface area contributed by atoms with Crippen molar-refractivity contribution in [2.45, 2.75) is 39.3 Å². The van der Waals surface area contributed by atoms with Crippen LogP contribution in [0.5, 0.6) is 5.75 Å². The fourth-order valence-electron chi connectivity index (χ4n) is 1.66. The van der Waals surface area contributed by atoms with E-state index in [0.717, 1.165) is 5.56 Å². The van der Waals surface area contributed by atoms with Gasteiger partial charge in [-0.15, -0.1) is 0 Å². The van der Waals surface area contributed by atoms with Gasteiger partial charge in [0, 0.05) is 18.7 Å². The first-order valence-corrected chi connectivity index (χ1v) is 6.42. The van der Waals surface area contributed by atoms with Crippen LogP contribution in [0.2, 0.25) is 0 Å². The molecule has 1 fully saturated rings. The van der Waals surface area contributed by atoms with Crippen LogP contribution in [0, 0.1) is 5.82 Å². The molecule has 0 aromatic heterocycles. The predicted octanol–water partition coefficient (Wildman–Crippen LogP) is 3.42. The highest BCUT2D eigenvalue weighted by Crippen LogP contribution is 2.21. The Morgan fingerprint density at radius 2 is 2.17 bits per heavy atom. The molecule has 0 saturated heterocycles. The van der Waals surface area contributed by atoms with Gasteiger partial charge in [-0.1, -0.05) is 5.57 Å². The Morgan fingerprint density at radius 1 is 1.39 bits per heavy atom. The molecule has 2 nitrogen and oxygen atoms in total. The minimum absolute atomic E-state index is 0.239. The minimum Gasteiger partial charge on any atom is -0.489 e. The van der Waals surface area contributed by atoms with Crippen LogP contribution in [0.25, 0.3) is 0 Å². The van der Waals surface area contributed by atoms with Gasteiger partial charge in [0.2, 0.25) is 0 Å². The molecule has 1 aromatic carbocycles. The summed E-state index contributed by atoms with van der Waals surface area (Å²) in [7, 11) is 0. The van der Waals surface area contributed by atoms with Gasteiger partial charge in [0.05, 0.1) is 0 Å². The molecule has 18 heavy (non-hydrogen) atoms. The number of hydrogen-bond donors (Lipinski definition) is 1. The molecule has 0 radical (unpaired) electrons. The van der Waals surface area contributed by atoms with Crippen LogP contribution in [0.3, 0.4) is 0 Å². The maximum Gasteiger partial charge on any atom is 0.127 e. The quantitative estimate of drug-likeness (QED) is 0.780. The number of hydrogen-bond acceptors (Lipinski definition) is 2. The maximum atomic E-state index is 13.4. The van der Waals surface area contributed by atoms with Crippen molar-refractivity contribution in [2.75, 3.05) is 6.61 Å². The van der Waals surface area contributed by atoms with Gasteiger partial charge in [-0.2, -0.15) is 0 Å². The monoisotopic (exact) mass is 249 g/mol. The van der Waals surface area contributed by atoms with Gasteiger partial charge in [0.15, 0.2) is 0 Å². The van der Waals surface area contributed by atoms with Gasteiger partial charge < -0.3 is 10.1 Å². The number of ether oxygens (including phenoxy) is 1. The lowest BCUT2D eigenvalue weighted by Gasteiger charge is -2.08. The van der Waals surface area contributed by atoms with Crippen LogP contribution >= 0.6 is 0 Å². The van der Waals surface area contributed by atoms with Crippen molar-refractivity contribution in [3.63, 3.8) is 0 Å². The number of benzene rings is 1. The van der Waals surface area contributed by atoms with E-state index >= 15 is 0 Å². The molecule has 1 aliphatic carbocycles. The molecule has 0 bridgehead atoms. The van der Waals surface area contributed by atoms with E-state index < -0.39 is 0 Å². The number of allylic oxidation sites excluding steroid dienone is 1. The van der Waals surface area contributed by atoms with Crippen LogP contribution in [-0.4, -0.2) is 12.6 Å². The third-order valence-electron chi connectivity index (χ3n) is 2.84. The standard InChI is InChI=1S/C15H20FNO/c1-11(2)5-6-18-15-8-12(7-13(16)9-15)10-17-14-3-4-14/h5,7-9,14,17H,3-4,6,10H2,1-2H3. The molecule has 2 rings (SSSR count). The number of nitrogens with one attached hydrogen (secondary N) is 1. The van der Waals surface area contributed by atoms with Crippen LogP contribution in [0.1, 0.15) is 32.3 Å². The highest BCUT2D eigenvalue weighted by atomic mass is 19.1. The van der Waals surface area contributed by atoms with Crippen LogP contribution in [-0.2, 0) is 6.54 Å². The van der Waals surface area contributed by atoms with E-state index in [1.165, 1.54) is 24.5 Å². The van der Waals surface area contributed by atoms with E-state index in [9.17, 15) is 4.39 Å². The normalized spacial score (nSPS) is 14.4. The van der Waals surface area contributed by atoms with E-state index in [4.69, 9.17) is 4.74 Å². The van der Waals surface area contributed by atoms with Crippen LogP contribution in [0.15, 0.2) is 29.8 Å². The minimum atomic E-state index is -0.239. The summed E-state index contributed by atoms with van der Waals surface area (Å²) in [5.41, 5.74) is 2.14. The lowest BCUT2D eigenvalue weighted by molar-refractivity contribution is 0.359. The Kier molecular flexibility index (Phi) is 4.37. The third-order valence-corrected chi connectivity index (χ3v) is 2.84. The summed E-state index contributed by atoms with van der Waals surface area (Å²) in [5, 5.41) is 3.37. The molecule has 0 aliphatic heterocycles. The smallest absolute Gasteiger partial charge is 0.127 e. The summed E-state index contributed by atoms with van der Waals surface area (Å²) in [6.07, 6.45) is 4.45. The highest BCUT2D eigenvalue weighted by molar-refractivity contribution is 5.30. The molecule has 1 N–H and O–H groups in total. The molecule has 0 spiro atoms. The predicted molar refractivity (Wildman–Crippen MR) is 71.2 cm³/mol.